The number of hydrogen-bond donors (Lipinski definition) is 0. The third-order valence-corrected chi connectivity index (χ3v) is 1.00. The molecule has 0 N–H and O–H groups in total. The zero-order chi connectivity index (χ0) is 7.82. The van der Waals surface area contributed by atoms with Crippen molar-refractivity contribution in [3.05, 3.63) is 12.7 Å². The summed E-state index contributed by atoms with van der Waals surface area (Å²) in [5.41, 5.74) is 0. The van der Waals surface area contributed by atoms with Crippen LogP contribution in [0, 0.1) is 0 Å². The highest BCUT2D eigenvalue weighted by atomic mass is 32.2. The monoisotopic (exact) mass is 165 g/mol. The van der Waals surface area contributed by atoms with Gasteiger partial charge in [-0.3, -0.25) is 4.18 Å². The fraction of sp³-hybridized carbons (Fsp3) is 0.600. The largest absolute Gasteiger partial charge is 0.750 e. The highest BCUT2D eigenvalue weighted by molar-refractivity contribution is 7.74. The molecule has 0 aliphatic rings. The molecule has 10 heavy (non-hydrogen) atoms. The normalized spacial score (nSPS) is 12.9. The van der Waals surface area contributed by atoms with Crippen molar-refractivity contribution in [1.82, 2.24) is 0 Å². The second-order valence-electron chi connectivity index (χ2n) is 1.39. The Morgan fingerprint density at radius 3 is 2.80 bits per heavy atom. The van der Waals surface area contributed by atoms with Gasteiger partial charge in [0.2, 0.25) is 0 Å². The number of hydrogen-bond acceptors (Lipinski definition) is 4. The number of ether oxygens (including phenoxy) is 1. The lowest BCUT2D eigenvalue weighted by Gasteiger charge is -2.04. The molecule has 1 atom stereocenters. The van der Waals surface area contributed by atoms with Gasteiger partial charge in [0.1, 0.15) is 0 Å². The molecule has 1 unspecified atom stereocenters. The van der Waals surface area contributed by atoms with Crippen LogP contribution in [0.15, 0.2) is 12.7 Å². The summed E-state index contributed by atoms with van der Waals surface area (Å²) in [4.78, 5) is 0. The molecule has 0 aliphatic carbocycles. The average molecular weight is 165 g/mol. The molecular formula is C5H9O4S-. The minimum absolute atomic E-state index is 0.0595. The van der Waals surface area contributed by atoms with Crippen LogP contribution in [0.25, 0.3) is 0 Å². The molecule has 0 rings (SSSR count). The van der Waals surface area contributed by atoms with Gasteiger partial charge in [0.05, 0.1) is 31.2 Å². The van der Waals surface area contributed by atoms with Crippen molar-refractivity contribution < 1.29 is 17.7 Å². The lowest BCUT2D eigenvalue weighted by atomic mass is 10.7. The molecule has 0 saturated heterocycles. The first kappa shape index (κ1) is 9.77. The van der Waals surface area contributed by atoms with Crippen LogP contribution < -0.4 is 0 Å². The Labute approximate surface area is 62.3 Å². The summed E-state index contributed by atoms with van der Waals surface area (Å²) < 4.78 is 28.4. The van der Waals surface area contributed by atoms with E-state index in [9.17, 15) is 8.76 Å². The molecule has 0 amide bonds. The molecule has 0 spiro atoms. The minimum Gasteiger partial charge on any atom is -0.750 e. The van der Waals surface area contributed by atoms with Crippen molar-refractivity contribution >= 4 is 11.4 Å². The molecule has 0 aromatic rings. The van der Waals surface area contributed by atoms with E-state index >= 15 is 0 Å². The fourth-order valence-electron chi connectivity index (χ4n) is 0.328. The predicted octanol–water partition coefficient (Wildman–Crippen LogP) is -0.000300. The van der Waals surface area contributed by atoms with Crippen molar-refractivity contribution in [2.24, 2.45) is 0 Å². The summed E-state index contributed by atoms with van der Waals surface area (Å²) in [5, 5.41) is 0. The molecule has 0 fully saturated rings. The maximum atomic E-state index is 9.73. The molecule has 0 aromatic heterocycles. The van der Waals surface area contributed by atoms with Gasteiger partial charge in [-0.1, -0.05) is 6.08 Å². The molecule has 60 valence electrons. The van der Waals surface area contributed by atoms with Gasteiger partial charge < -0.3 is 9.29 Å². The highest BCUT2D eigenvalue weighted by Gasteiger charge is 1.85. The van der Waals surface area contributed by atoms with Gasteiger partial charge in [-0.15, -0.1) is 6.58 Å². The second kappa shape index (κ2) is 6.88. The number of rotatable bonds is 6. The Kier molecular flexibility index (Phi) is 6.73. The van der Waals surface area contributed by atoms with Crippen LogP contribution in [0.5, 0.6) is 0 Å². The van der Waals surface area contributed by atoms with Gasteiger partial charge in [-0.05, 0) is 0 Å². The lowest BCUT2D eigenvalue weighted by Crippen LogP contribution is -2.05. The van der Waals surface area contributed by atoms with Crippen LogP contribution in [0.3, 0.4) is 0 Å². The van der Waals surface area contributed by atoms with E-state index in [1.165, 1.54) is 0 Å². The van der Waals surface area contributed by atoms with Crippen LogP contribution in [0.4, 0.5) is 0 Å². The van der Waals surface area contributed by atoms with E-state index in [4.69, 9.17) is 4.74 Å². The Balaban J connectivity index is 2.90. The zero-order valence-corrected chi connectivity index (χ0v) is 6.26. The zero-order valence-electron chi connectivity index (χ0n) is 5.45. The van der Waals surface area contributed by atoms with E-state index in [1.54, 1.807) is 6.08 Å². The first-order valence-corrected chi connectivity index (χ1v) is 3.68. The summed E-state index contributed by atoms with van der Waals surface area (Å²) in [7, 11) is 0. The Morgan fingerprint density at radius 1 is 1.60 bits per heavy atom. The van der Waals surface area contributed by atoms with Gasteiger partial charge in [0, 0.05) is 0 Å². The maximum Gasteiger partial charge on any atom is 0.0863 e. The Morgan fingerprint density at radius 2 is 2.30 bits per heavy atom. The quantitative estimate of drug-likeness (QED) is 0.316. The molecule has 0 saturated carbocycles. The van der Waals surface area contributed by atoms with E-state index in [2.05, 4.69) is 10.8 Å². The van der Waals surface area contributed by atoms with Gasteiger partial charge in [0.25, 0.3) is 0 Å². The fourth-order valence-corrected chi connectivity index (χ4v) is 0.532. The van der Waals surface area contributed by atoms with Crippen LogP contribution in [-0.4, -0.2) is 28.6 Å². The average Bonchev–Trinajstić information content (AvgIpc) is 1.87. The molecule has 0 heterocycles. The van der Waals surface area contributed by atoms with Crippen molar-refractivity contribution in [1.29, 1.82) is 0 Å². The first-order valence-electron chi connectivity index (χ1n) is 2.68. The lowest BCUT2D eigenvalue weighted by molar-refractivity contribution is 0.122. The Hall–Kier alpha value is -0.230. The molecular weight excluding hydrogens is 156 g/mol. The van der Waals surface area contributed by atoms with Gasteiger partial charge in [0.15, 0.2) is 0 Å². The molecule has 0 bridgehead atoms. The van der Waals surface area contributed by atoms with Crippen LogP contribution >= 0.6 is 0 Å². The van der Waals surface area contributed by atoms with E-state index in [1.807, 2.05) is 0 Å². The standard InChI is InChI=1S/C5H10O4S/c1-2-3-8-4-5-9-10(6)7/h2H,1,3-5H2,(H,6,7)/p-1. The SMILES string of the molecule is C=CCOCCOS(=O)[O-]. The predicted molar refractivity (Wildman–Crippen MR) is 35.9 cm³/mol. The summed E-state index contributed by atoms with van der Waals surface area (Å²) >= 11 is -2.43. The van der Waals surface area contributed by atoms with Crippen LogP contribution in [-0.2, 0) is 20.3 Å². The first-order chi connectivity index (χ1) is 4.77. The van der Waals surface area contributed by atoms with Crippen molar-refractivity contribution in [2.75, 3.05) is 19.8 Å². The summed E-state index contributed by atoms with van der Waals surface area (Å²) in [6, 6.07) is 0. The molecule has 0 aromatic carbocycles. The van der Waals surface area contributed by atoms with E-state index in [-0.39, 0.29) is 13.2 Å². The molecule has 5 heteroatoms. The molecule has 0 radical (unpaired) electrons. The second-order valence-corrected chi connectivity index (χ2v) is 2.03. The third kappa shape index (κ3) is 7.77. The maximum absolute atomic E-state index is 9.73. The van der Waals surface area contributed by atoms with Crippen LogP contribution in [0.1, 0.15) is 0 Å². The smallest absolute Gasteiger partial charge is 0.0863 e. The van der Waals surface area contributed by atoms with E-state index in [0.29, 0.717) is 6.61 Å². The minimum atomic E-state index is -2.43. The molecule has 4 nitrogen and oxygen atoms in total. The van der Waals surface area contributed by atoms with E-state index < -0.39 is 11.4 Å². The van der Waals surface area contributed by atoms with Crippen molar-refractivity contribution in [3.63, 3.8) is 0 Å². The van der Waals surface area contributed by atoms with Crippen molar-refractivity contribution in [2.45, 2.75) is 0 Å². The summed E-state index contributed by atoms with van der Waals surface area (Å²) in [6.07, 6.45) is 1.58. The van der Waals surface area contributed by atoms with Crippen LogP contribution in [0.2, 0.25) is 0 Å². The molecule has 0 aliphatic heterocycles. The van der Waals surface area contributed by atoms with Gasteiger partial charge in [-0.2, -0.15) is 0 Å². The third-order valence-electron chi connectivity index (χ3n) is 0.643. The van der Waals surface area contributed by atoms with Gasteiger partial charge >= 0.3 is 0 Å². The summed E-state index contributed by atoms with van der Waals surface area (Å²) in [6.45, 7) is 4.14. The highest BCUT2D eigenvalue weighted by Crippen LogP contribution is 1.80. The van der Waals surface area contributed by atoms with E-state index in [0.717, 1.165) is 0 Å². The topological polar surface area (TPSA) is 58.6 Å². The summed E-state index contributed by atoms with van der Waals surface area (Å²) in [5.74, 6) is 0. The van der Waals surface area contributed by atoms with Gasteiger partial charge in [-0.25, -0.2) is 4.21 Å². The Bertz CT molecular complexity index is 114. The van der Waals surface area contributed by atoms with Crippen molar-refractivity contribution in [3.8, 4) is 0 Å².